The van der Waals surface area contributed by atoms with Gasteiger partial charge < -0.3 is 4.90 Å². The maximum Gasteiger partial charge on any atom is 0.232 e. The first-order valence-corrected chi connectivity index (χ1v) is 8.64. The molecule has 1 saturated carbocycles. The van der Waals surface area contributed by atoms with Crippen LogP contribution in [-0.4, -0.2) is 28.9 Å². The molecule has 1 aromatic heterocycles. The number of rotatable bonds is 1. The van der Waals surface area contributed by atoms with Crippen molar-refractivity contribution in [2.45, 2.75) is 31.2 Å². The van der Waals surface area contributed by atoms with Gasteiger partial charge in [-0.3, -0.25) is 9.78 Å². The minimum atomic E-state index is -0.296. The first-order valence-electron chi connectivity index (χ1n) is 8.64. The quantitative estimate of drug-likeness (QED) is 0.750. The van der Waals surface area contributed by atoms with Gasteiger partial charge in [-0.1, -0.05) is 24.3 Å². The second-order valence-corrected chi connectivity index (χ2v) is 6.82. The summed E-state index contributed by atoms with van der Waals surface area (Å²) < 4.78 is 13.2. The van der Waals surface area contributed by atoms with E-state index in [2.05, 4.69) is 16.8 Å². The number of benzene rings is 1. The van der Waals surface area contributed by atoms with Gasteiger partial charge >= 0.3 is 0 Å². The predicted octanol–water partition coefficient (Wildman–Crippen LogP) is 3.34. The first-order chi connectivity index (χ1) is 12.1. The molecule has 0 radical (unpaired) electrons. The molecule has 4 rings (SSSR count). The molecule has 0 bridgehead atoms. The molecule has 3 nitrogen and oxygen atoms in total. The molecule has 1 aromatic carbocycles. The fourth-order valence-electron chi connectivity index (χ4n) is 4.12. The molecule has 2 fully saturated rings. The van der Waals surface area contributed by atoms with E-state index in [9.17, 15) is 9.18 Å². The molecule has 0 spiro atoms. The molecule has 0 N–H and O–H groups in total. The summed E-state index contributed by atoms with van der Waals surface area (Å²) in [5.74, 6) is 6.08. The Morgan fingerprint density at radius 2 is 2.00 bits per heavy atom. The lowest BCUT2D eigenvalue weighted by molar-refractivity contribution is -0.129. The molecule has 2 aromatic rings. The van der Waals surface area contributed by atoms with Gasteiger partial charge in [-0.25, -0.2) is 4.39 Å². The molecule has 126 valence electrons. The SMILES string of the molecule is CN1C(=O)C(c2ccc(C#Cc3cccc(F)c3)cn2)C2CCCC21. The Kier molecular flexibility index (Phi) is 4.01. The highest BCUT2D eigenvalue weighted by Crippen LogP contribution is 2.45. The zero-order valence-corrected chi connectivity index (χ0v) is 14.1. The predicted molar refractivity (Wildman–Crippen MR) is 93.3 cm³/mol. The van der Waals surface area contributed by atoms with Crippen LogP contribution in [0.3, 0.4) is 0 Å². The largest absolute Gasteiger partial charge is 0.342 e. The highest BCUT2D eigenvalue weighted by atomic mass is 19.1. The molecule has 25 heavy (non-hydrogen) atoms. The number of aromatic nitrogens is 1. The Labute approximate surface area is 146 Å². The Bertz CT molecular complexity index is 865. The van der Waals surface area contributed by atoms with Crippen molar-refractivity contribution < 1.29 is 9.18 Å². The number of nitrogens with zero attached hydrogens (tertiary/aromatic N) is 2. The van der Waals surface area contributed by atoms with Crippen molar-refractivity contribution in [2.75, 3.05) is 7.05 Å². The number of halogens is 1. The van der Waals surface area contributed by atoms with Gasteiger partial charge in [0.15, 0.2) is 0 Å². The summed E-state index contributed by atoms with van der Waals surface area (Å²) >= 11 is 0. The van der Waals surface area contributed by atoms with Crippen molar-refractivity contribution in [1.82, 2.24) is 9.88 Å². The van der Waals surface area contributed by atoms with Crippen molar-refractivity contribution in [2.24, 2.45) is 5.92 Å². The fourth-order valence-corrected chi connectivity index (χ4v) is 4.12. The van der Waals surface area contributed by atoms with E-state index in [4.69, 9.17) is 0 Å². The average molecular weight is 334 g/mol. The van der Waals surface area contributed by atoms with E-state index in [1.165, 1.54) is 18.6 Å². The van der Waals surface area contributed by atoms with Crippen LogP contribution in [0.25, 0.3) is 0 Å². The van der Waals surface area contributed by atoms with Crippen molar-refractivity contribution in [3.05, 3.63) is 65.2 Å². The number of hydrogen-bond donors (Lipinski definition) is 0. The van der Waals surface area contributed by atoms with Gasteiger partial charge in [0.05, 0.1) is 11.6 Å². The summed E-state index contributed by atoms with van der Waals surface area (Å²) in [6, 6.07) is 10.4. The van der Waals surface area contributed by atoms with Crippen LogP contribution in [0.2, 0.25) is 0 Å². The van der Waals surface area contributed by atoms with Gasteiger partial charge in [0.25, 0.3) is 0 Å². The summed E-state index contributed by atoms with van der Waals surface area (Å²) in [5.41, 5.74) is 2.22. The zero-order chi connectivity index (χ0) is 17.4. The molecule has 2 heterocycles. The number of fused-ring (bicyclic) bond motifs is 1. The van der Waals surface area contributed by atoms with Crippen LogP contribution in [0.4, 0.5) is 4.39 Å². The van der Waals surface area contributed by atoms with Gasteiger partial charge in [-0.05, 0) is 49.1 Å². The summed E-state index contributed by atoms with van der Waals surface area (Å²) in [6.45, 7) is 0. The lowest BCUT2D eigenvalue weighted by Gasteiger charge is -2.17. The number of likely N-dealkylation sites (tertiary alicyclic amines) is 1. The minimum Gasteiger partial charge on any atom is -0.342 e. The fraction of sp³-hybridized carbons (Fsp3) is 0.333. The summed E-state index contributed by atoms with van der Waals surface area (Å²) in [4.78, 5) is 19.0. The van der Waals surface area contributed by atoms with Crippen molar-refractivity contribution in [3.8, 4) is 11.8 Å². The van der Waals surface area contributed by atoms with E-state index in [0.717, 1.165) is 24.1 Å². The third-order valence-corrected chi connectivity index (χ3v) is 5.35. The number of carbonyl (C=O) groups excluding carboxylic acids is 1. The summed E-state index contributed by atoms with van der Waals surface area (Å²) in [7, 11) is 1.91. The third kappa shape index (κ3) is 2.91. The molecule has 2 aliphatic rings. The summed E-state index contributed by atoms with van der Waals surface area (Å²) in [5, 5.41) is 0. The van der Waals surface area contributed by atoms with Crippen molar-refractivity contribution in [1.29, 1.82) is 0 Å². The van der Waals surface area contributed by atoms with E-state index in [0.29, 0.717) is 17.5 Å². The number of hydrogen-bond acceptors (Lipinski definition) is 2. The van der Waals surface area contributed by atoms with Gasteiger partial charge in [-0.15, -0.1) is 0 Å². The monoisotopic (exact) mass is 334 g/mol. The van der Waals surface area contributed by atoms with E-state index in [1.807, 2.05) is 24.1 Å². The maximum atomic E-state index is 13.2. The Morgan fingerprint density at radius 3 is 2.76 bits per heavy atom. The smallest absolute Gasteiger partial charge is 0.232 e. The Morgan fingerprint density at radius 1 is 1.16 bits per heavy atom. The highest BCUT2D eigenvalue weighted by Gasteiger charge is 2.49. The topological polar surface area (TPSA) is 33.2 Å². The maximum absolute atomic E-state index is 13.2. The van der Waals surface area contributed by atoms with Crippen molar-refractivity contribution >= 4 is 5.91 Å². The van der Waals surface area contributed by atoms with Crippen LogP contribution in [0.15, 0.2) is 42.6 Å². The van der Waals surface area contributed by atoms with Gasteiger partial charge in [0, 0.05) is 30.4 Å². The molecule has 1 aliphatic carbocycles. The van der Waals surface area contributed by atoms with Crippen LogP contribution in [0.1, 0.15) is 42.0 Å². The minimum absolute atomic E-state index is 0.122. The molecule has 1 amide bonds. The third-order valence-electron chi connectivity index (χ3n) is 5.35. The van der Waals surface area contributed by atoms with Crippen LogP contribution in [0.5, 0.6) is 0 Å². The van der Waals surface area contributed by atoms with E-state index in [-0.39, 0.29) is 17.6 Å². The van der Waals surface area contributed by atoms with Gasteiger partial charge in [0.1, 0.15) is 5.82 Å². The van der Waals surface area contributed by atoms with E-state index in [1.54, 1.807) is 18.3 Å². The second-order valence-electron chi connectivity index (χ2n) is 6.82. The number of pyridine rings is 1. The first kappa shape index (κ1) is 15.8. The summed E-state index contributed by atoms with van der Waals surface area (Å²) in [6.07, 6.45) is 5.08. The number of amides is 1. The lowest BCUT2D eigenvalue weighted by atomic mass is 9.89. The molecule has 1 aliphatic heterocycles. The molecular weight excluding hydrogens is 315 g/mol. The lowest BCUT2D eigenvalue weighted by Crippen LogP contribution is -2.29. The Hall–Kier alpha value is -2.67. The molecule has 3 atom stereocenters. The molecule has 4 heteroatoms. The second kappa shape index (κ2) is 6.33. The van der Waals surface area contributed by atoms with Crippen LogP contribution in [0, 0.1) is 23.6 Å². The van der Waals surface area contributed by atoms with Gasteiger partial charge in [0.2, 0.25) is 5.91 Å². The van der Waals surface area contributed by atoms with Gasteiger partial charge in [-0.2, -0.15) is 0 Å². The molecule has 1 saturated heterocycles. The number of carbonyl (C=O) groups is 1. The molecule has 3 unspecified atom stereocenters. The zero-order valence-electron chi connectivity index (χ0n) is 14.1. The van der Waals surface area contributed by atoms with Crippen LogP contribution >= 0.6 is 0 Å². The van der Waals surface area contributed by atoms with Crippen LogP contribution < -0.4 is 0 Å². The van der Waals surface area contributed by atoms with Crippen molar-refractivity contribution in [3.63, 3.8) is 0 Å². The van der Waals surface area contributed by atoms with Crippen LogP contribution in [-0.2, 0) is 4.79 Å². The average Bonchev–Trinajstić information content (AvgIpc) is 3.17. The Balaban J connectivity index is 1.56. The molecular formula is C21H19FN2O. The number of likely N-dealkylation sites (N-methyl/N-ethyl adjacent to an activating group) is 1. The van der Waals surface area contributed by atoms with E-state index < -0.39 is 0 Å². The standard InChI is InChI=1S/C21H19FN2O/c1-24-19-7-3-6-17(19)20(21(24)25)18-11-10-15(13-23-18)9-8-14-4-2-5-16(22)12-14/h2,4-5,10-13,17,19-20H,3,6-7H2,1H3. The van der Waals surface area contributed by atoms with E-state index >= 15 is 0 Å². The highest BCUT2D eigenvalue weighted by molar-refractivity contribution is 5.86. The normalized spacial score (nSPS) is 24.8.